The molecule has 1 heterocycles. The van der Waals surface area contributed by atoms with E-state index in [2.05, 4.69) is 5.32 Å². The number of amides is 3. The molecule has 0 atom stereocenters. The maximum atomic E-state index is 12.9. The topological polar surface area (TPSA) is 84.9 Å². The molecule has 1 N–H and O–H groups in total. The number of carbonyl (C=O) groups excluding carboxylic acids is 3. The van der Waals surface area contributed by atoms with Crippen LogP contribution in [0.4, 0.5) is 10.5 Å². The third-order valence-electron chi connectivity index (χ3n) is 5.45. The van der Waals surface area contributed by atoms with Gasteiger partial charge in [0.1, 0.15) is 18.9 Å². The van der Waals surface area contributed by atoms with Crippen LogP contribution in [0.25, 0.3) is 6.08 Å². The molecule has 0 saturated carbocycles. The number of hydrogen-bond acceptors (Lipinski definition) is 6. The third-order valence-corrected chi connectivity index (χ3v) is 6.92. The zero-order chi connectivity index (χ0) is 27.2. The van der Waals surface area contributed by atoms with Gasteiger partial charge in [0.2, 0.25) is 5.91 Å². The number of anilines is 1. The van der Waals surface area contributed by atoms with Crippen molar-refractivity contribution < 1.29 is 23.9 Å². The Labute approximate surface area is 234 Å². The van der Waals surface area contributed by atoms with Gasteiger partial charge in [0.15, 0.2) is 5.75 Å². The second-order valence-corrected chi connectivity index (χ2v) is 10.2. The van der Waals surface area contributed by atoms with Gasteiger partial charge in [-0.25, -0.2) is 0 Å². The molecule has 4 rings (SSSR count). The Morgan fingerprint density at radius 3 is 2.29 bits per heavy atom. The number of imide groups is 1. The molecule has 7 nitrogen and oxygen atoms in total. The monoisotopic (exact) mass is 570 g/mol. The van der Waals surface area contributed by atoms with Gasteiger partial charge in [-0.15, -0.1) is 0 Å². The summed E-state index contributed by atoms with van der Waals surface area (Å²) in [6.07, 6.45) is 1.51. The molecule has 0 aromatic heterocycles. The Hall–Kier alpha value is -3.46. The Morgan fingerprint density at radius 2 is 1.66 bits per heavy atom. The highest BCUT2D eigenvalue weighted by Gasteiger charge is 2.36. The predicted molar refractivity (Wildman–Crippen MR) is 151 cm³/mol. The van der Waals surface area contributed by atoms with Crippen molar-refractivity contribution in [2.75, 3.05) is 18.5 Å². The van der Waals surface area contributed by atoms with Crippen LogP contribution in [0, 0.1) is 6.92 Å². The molecule has 1 fully saturated rings. The minimum atomic E-state index is -0.575. The number of aryl methyl sites for hydroxylation is 1. The molecule has 0 bridgehead atoms. The number of nitrogens with zero attached hydrogens (tertiary/aromatic N) is 1. The van der Waals surface area contributed by atoms with E-state index in [1.165, 1.54) is 6.08 Å². The zero-order valence-corrected chi connectivity index (χ0v) is 23.0. The van der Waals surface area contributed by atoms with Gasteiger partial charge in [-0.05, 0) is 79.2 Å². The first-order valence-electron chi connectivity index (χ1n) is 11.7. The lowest BCUT2D eigenvalue weighted by atomic mass is 10.1. The van der Waals surface area contributed by atoms with Gasteiger partial charge in [-0.2, -0.15) is 0 Å². The molecule has 3 amide bonds. The lowest BCUT2D eigenvalue weighted by Gasteiger charge is -2.13. The minimum absolute atomic E-state index is 0.157. The van der Waals surface area contributed by atoms with Crippen molar-refractivity contribution in [3.8, 4) is 11.5 Å². The molecule has 0 radical (unpaired) electrons. The summed E-state index contributed by atoms with van der Waals surface area (Å²) in [6.45, 7) is 4.28. The molecule has 0 spiro atoms. The van der Waals surface area contributed by atoms with E-state index in [-0.39, 0.29) is 21.6 Å². The van der Waals surface area contributed by atoms with Crippen molar-refractivity contribution >= 4 is 63.8 Å². The Morgan fingerprint density at radius 1 is 1.00 bits per heavy atom. The lowest BCUT2D eigenvalue weighted by Crippen LogP contribution is -2.36. The van der Waals surface area contributed by atoms with E-state index >= 15 is 0 Å². The van der Waals surface area contributed by atoms with E-state index in [1.807, 2.05) is 38.1 Å². The Balaban J connectivity index is 1.40. The molecule has 3 aromatic carbocycles. The first-order valence-corrected chi connectivity index (χ1v) is 13.3. The average molecular weight is 571 g/mol. The second kappa shape index (κ2) is 12.4. The molecule has 10 heteroatoms. The molecule has 1 aliphatic rings. The van der Waals surface area contributed by atoms with E-state index in [9.17, 15) is 14.4 Å². The van der Waals surface area contributed by atoms with Crippen LogP contribution in [0.5, 0.6) is 11.5 Å². The van der Waals surface area contributed by atoms with Crippen molar-refractivity contribution in [2.24, 2.45) is 0 Å². The summed E-state index contributed by atoms with van der Waals surface area (Å²) in [5, 5.41) is 2.67. The number of thioether (sulfide) groups is 1. The molecule has 3 aromatic rings. The fraction of sp³-hybridized carbons (Fsp3) is 0.179. The predicted octanol–water partition coefficient (Wildman–Crippen LogP) is 6.95. The summed E-state index contributed by atoms with van der Waals surface area (Å²) in [4.78, 5) is 38.9. The van der Waals surface area contributed by atoms with Crippen LogP contribution in [-0.4, -0.2) is 35.1 Å². The first-order chi connectivity index (χ1) is 18.2. The first kappa shape index (κ1) is 27.6. The Kier molecular flexibility index (Phi) is 8.99. The molecule has 1 saturated heterocycles. The van der Waals surface area contributed by atoms with Gasteiger partial charge >= 0.3 is 0 Å². The van der Waals surface area contributed by atoms with Crippen molar-refractivity contribution in [3.05, 3.63) is 92.3 Å². The molecule has 0 aliphatic carbocycles. The SMILES string of the molecule is CCOc1ccc(NC(=O)CN2C(=O)S/C(=C/c3cc(Cl)c(OCc4ccc(C)cc4)c(Cl)c3)C2=O)cc1. The molecule has 196 valence electrons. The van der Waals surface area contributed by atoms with E-state index in [0.717, 1.165) is 27.8 Å². The maximum Gasteiger partial charge on any atom is 0.294 e. The maximum absolute atomic E-state index is 12.9. The van der Waals surface area contributed by atoms with Crippen molar-refractivity contribution in [1.29, 1.82) is 0 Å². The highest BCUT2D eigenvalue weighted by molar-refractivity contribution is 8.18. The van der Waals surface area contributed by atoms with Crippen LogP contribution in [0.3, 0.4) is 0 Å². The van der Waals surface area contributed by atoms with Crippen molar-refractivity contribution in [1.82, 2.24) is 4.90 Å². The number of carbonyl (C=O) groups is 3. The summed E-state index contributed by atoms with van der Waals surface area (Å²) in [5.41, 5.74) is 3.15. The second-order valence-electron chi connectivity index (χ2n) is 8.36. The molecular formula is C28H24Cl2N2O5S. The van der Waals surface area contributed by atoms with Crippen LogP contribution in [0.1, 0.15) is 23.6 Å². The number of halogens is 2. The molecule has 38 heavy (non-hydrogen) atoms. The van der Waals surface area contributed by atoms with E-state index < -0.39 is 23.6 Å². The number of hydrogen-bond donors (Lipinski definition) is 1. The molecule has 1 aliphatic heterocycles. The minimum Gasteiger partial charge on any atom is -0.494 e. The smallest absolute Gasteiger partial charge is 0.294 e. The highest BCUT2D eigenvalue weighted by Crippen LogP contribution is 2.37. The van der Waals surface area contributed by atoms with Gasteiger partial charge in [0, 0.05) is 5.69 Å². The summed E-state index contributed by atoms with van der Waals surface area (Å²) < 4.78 is 11.2. The van der Waals surface area contributed by atoms with Gasteiger partial charge in [-0.1, -0.05) is 53.0 Å². The number of rotatable bonds is 9. The third kappa shape index (κ3) is 6.89. The van der Waals surface area contributed by atoms with Crippen molar-refractivity contribution in [2.45, 2.75) is 20.5 Å². The largest absolute Gasteiger partial charge is 0.494 e. The molecule has 0 unspecified atom stereocenters. The highest BCUT2D eigenvalue weighted by atomic mass is 35.5. The lowest BCUT2D eigenvalue weighted by molar-refractivity contribution is -0.127. The fourth-order valence-electron chi connectivity index (χ4n) is 3.57. The Bertz CT molecular complexity index is 1370. The van der Waals surface area contributed by atoms with Gasteiger partial charge in [0.05, 0.1) is 21.6 Å². The summed E-state index contributed by atoms with van der Waals surface area (Å²) >= 11 is 13.6. The number of nitrogens with one attached hydrogen (secondary N) is 1. The van der Waals surface area contributed by atoms with Gasteiger partial charge in [0.25, 0.3) is 11.1 Å². The normalized spacial score (nSPS) is 14.2. The average Bonchev–Trinajstić information content (AvgIpc) is 3.13. The summed E-state index contributed by atoms with van der Waals surface area (Å²) in [7, 11) is 0. The quantitative estimate of drug-likeness (QED) is 0.280. The van der Waals surface area contributed by atoms with Crippen LogP contribution in [0.15, 0.2) is 65.6 Å². The van der Waals surface area contributed by atoms with Crippen LogP contribution >= 0.6 is 35.0 Å². The standard InChI is InChI=1S/C28H24Cl2N2O5S/c1-3-36-21-10-8-20(9-11-21)31-25(33)15-32-27(34)24(38-28(32)35)14-19-12-22(29)26(23(30)13-19)37-16-18-6-4-17(2)5-7-18/h4-14H,3,15-16H2,1-2H3,(H,31,33)/b24-14+. The van der Waals surface area contributed by atoms with E-state index in [4.69, 9.17) is 32.7 Å². The summed E-state index contributed by atoms with van der Waals surface area (Å²) in [5.74, 6) is -0.0783. The number of ether oxygens (including phenoxy) is 2. The van der Waals surface area contributed by atoms with Crippen LogP contribution < -0.4 is 14.8 Å². The molecular weight excluding hydrogens is 547 g/mol. The number of benzene rings is 3. The zero-order valence-electron chi connectivity index (χ0n) is 20.6. The van der Waals surface area contributed by atoms with Crippen LogP contribution in [0.2, 0.25) is 10.0 Å². The van der Waals surface area contributed by atoms with Gasteiger partial charge < -0.3 is 14.8 Å². The summed E-state index contributed by atoms with van der Waals surface area (Å²) in [6, 6.07) is 17.9. The fourth-order valence-corrected chi connectivity index (χ4v) is 5.02. The van der Waals surface area contributed by atoms with E-state index in [0.29, 0.717) is 29.4 Å². The van der Waals surface area contributed by atoms with E-state index in [1.54, 1.807) is 36.4 Å². The van der Waals surface area contributed by atoms with Crippen molar-refractivity contribution in [3.63, 3.8) is 0 Å². The van der Waals surface area contributed by atoms with Gasteiger partial charge in [-0.3, -0.25) is 19.3 Å². The van der Waals surface area contributed by atoms with Crippen LogP contribution in [-0.2, 0) is 16.2 Å².